The molecule has 1 aliphatic carbocycles. The molecule has 1 saturated heterocycles. The van der Waals surface area contributed by atoms with Crippen LogP contribution in [0.4, 0.5) is 0 Å². The summed E-state index contributed by atoms with van der Waals surface area (Å²) in [5.74, 6) is 2.00. The Morgan fingerprint density at radius 1 is 1.00 bits per heavy atom. The number of benzene rings is 1. The Hall–Kier alpha value is -2.24. The average Bonchev–Trinajstić information content (AvgIpc) is 3.17. The zero-order chi connectivity index (χ0) is 18.6. The zero-order valence-electron chi connectivity index (χ0n) is 15.7. The van der Waals surface area contributed by atoms with E-state index in [1.165, 1.54) is 19.3 Å². The van der Waals surface area contributed by atoms with Gasteiger partial charge in [0.1, 0.15) is 0 Å². The predicted molar refractivity (Wildman–Crippen MR) is 101 cm³/mol. The van der Waals surface area contributed by atoms with Crippen molar-refractivity contribution in [3.05, 3.63) is 23.8 Å². The Morgan fingerprint density at radius 2 is 1.74 bits per heavy atom. The molecule has 2 aliphatic heterocycles. The number of carbonyl (C=O) groups is 2. The Balaban J connectivity index is 1.24. The lowest BCUT2D eigenvalue weighted by Crippen LogP contribution is -2.48. The first-order chi connectivity index (χ1) is 13.2. The molecule has 1 N–H and O–H groups in total. The highest BCUT2D eigenvalue weighted by molar-refractivity contribution is 5.80. The van der Waals surface area contributed by atoms with Crippen LogP contribution in [-0.2, 0) is 16.0 Å². The van der Waals surface area contributed by atoms with Crippen molar-refractivity contribution in [1.82, 2.24) is 10.2 Å². The third-order valence-corrected chi connectivity index (χ3v) is 5.96. The number of piperidine rings is 1. The number of ether oxygens (including phenoxy) is 2. The number of fused-ring (bicyclic) bond motifs is 1. The number of nitrogens with zero attached hydrogens (tertiary/aromatic N) is 1. The first-order valence-electron chi connectivity index (χ1n) is 10.2. The van der Waals surface area contributed by atoms with Crippen LogP contribution < -0.4 is 14.8 Å². The fourth-order valence-electron chi connectivity index (χ4n) is 4.29. The van der Waals surface area contributed by atoms with Gasteiger partial charge in [-0.25, -0.2) is 0 Å². The maximum Gasteiger partial charge on any atom is 0.231 e. The lowest BCUT2D eigenvalue weighted by Gasteiger charge is -2.33. The molecule has 0 aromatic heterocycles. The number of rotatable bonds is 4. The molecule has 4 rings (SSSR count). The second kappa shape index (κ2) is 8.19. The van der Waals surface area contributed by atoms with Gasteiger partial charge in [0, 0.05) is 25.0 Å². The lowest BCUT2D eigenvalue weighted by molar-refractivity contribution is -0.131. The molecule has 2 fully saturated rings. The molecule has 1 aromatic carbocycles. The minimum atomic E-state index is 0.130. The van der Waals surface area contributed by atoms with Gasteiger partial charge in [0.05, 0.1) is 6.42 Å². The topological polar surface area (TPSA) is 67.9 Å². The Kier molecular flexibility index (Phi) is 5.50. The van der Waals surface area contributed by atoms with Crippen LogP contribution in [0.1, 0.15) is 50.5 Å². The maximum atomic E-state index is 12.6. The van der Waals surface area contributed by atoms with E-state index in [4.69, 9.17) is 9.47 Å². The van der Waals surface area contributed by atoms with E-state index in [2.05, 4.69) is 5.32 Å². The van der Waals surface area contributed by atoms with Gasteiger partial charge < -0.3 is 19.7 Å². The average molecular weight is 372 g/mol. The van der Waals surface area contributed by atoms with Gasteiger partial charge in [-0.3, -0.25) is 9.59 Å². The van der Waals surface area contributed by atoms with Crippen LogP contribution in [0.15, 0.2) is 18.2 Å². The largest absolute Gasteiger partial charge is 0.454 e. The standard InChI is InChI=1S/C21H28N2O4/c24-20(13-15-6-7-18-19(12-15)27-14-26-18)23-10-8-17(9-11-23)22-21(25)16-4-2-1-3-5-16/h6-7,12,16-17H,1-5,8-11,13-14H2,(H,22,25). The molecule has 3 aliphatic rings. The van der Waals surface area contributed by atoms with Gasteiger partial charge in [-0.15, -0.1) is 0 Å². The molecule has 146 valence electrons. The van der Waals surface area contributed by atoms with Crippen molar-refractivity contribution in [3.8, 4) is 11.5 Å². The minimum absolute atomic E-state index is 0.130. The van der Waals surface area contributed by atoms with Crippen LogP contribution in [0.25, 0.3) is 0 Å². The van der Waals surface area contributed by atoms with Crippen molar-refractivity contribution >= 4 is 11.8 Å². The molecule has 1 saturated carbocycles. The van der Waals surface area contributed by atoms with E-state index >= 15 is 0 Å². The third-order valence-electron chi connectivity index (χ3n) is 5.96. The minimum Gasteiger partial charge on any atom is -0.454 e. The van der Waals surface area contributed by atoms with Crippen molar-refractivity contribution in [2.24, 2.45) is 5.92 Å². The summed E-state index contributed by atoms with van der Waals surface area (Å²) < 4.78 is 10.7. The molecular formula is C21H28N2O4. The molecule has 0 unspecified atom stereocenters. The molecule has 2 amide bonds. The molecule has 27 heavy (non-hydrogen) atoms. The van der Waals surface area contributed by atoms with Crippen molar-refractivity contribution in [3.63, 3.8) is 0 Å². The Morgan fingerprint density at radius 3 is 2.52 bits per heavy atom. The van der Waals surface area contributed by atoms with E-state index in [1.54, 1.807) is 0 Å². The second-order valence-corrected chi connectivity index (χ2v) is 7.86. The monoisotopic (exact) mass is 372 g/mol. The van der Waals surface area contributed by atoms with E-state index in [0.29, 0.717) is 25.3 Å². The molecule has 0 radical (unpaired) electrons. The van der Waals surface area contributed by atoms with E-state index in [-0.39, 0.29) is 30.6 Å². The van der Waals surface area contributed by atoms with E-state index in [9.17, 15) is 9.59 Å². The number of carbonyl (C=O) groups excluding carboxylic acids is 2. The van der Waals surface area contributed by atoms with Crippen LogP contribution in [0, 0.1) is 5.92 Å². The predicted octanol–water partition coefficient (Wildman–Crippen LogP) is 2.65. The number of hydrogen-bond acceptors (Lipinski definition) is 4. The summed E-state index contributed by atoms with van der Waals surface area (Å²) in [6.07, 6.45) is 7.70. The normalized spacial score (nSPS) is 20.5. The van der Waals surface area contributed by atoms with Gasteiger partial charge in [-0.05, 0) is 43.4 Å². The second-order valence-electron chi connectivity index (χ2n) is 7.86. The molecule has 6 heteroatoms. The van der Waals surface area contributed by atoms with Crippen LogP contribution in [0.2, 0.25) is 0 Å². The molecule has 1 aromatic rings. The molecule has 0 bridgehead atoms. The molecule has 2 heterocycles. The lowest BCUT2D eigenvalue weighted by atomic mass is 9.88. The van der Waals surface area contributed by atoms with E-state index in [1.807, 2.05) is 23.1 Å². The summed E-state index contributed by atoms with van der Waals surface area (Å²) in [5.41, 5.74) is 0.942. The summed E-state index contributed by atoms with van der Waals surface area (Å²) in [6, 6.07) is 5.87. The fourth-order valence-corrected chi connectivity index (χ4v) is 4.29. The summed E-state index contributed by atoms with van der Waals surface area (Å²) in [7, 11) is 0. The summed E-state index contributed by atoms with van der Waals surface area (Å²) >= 11 is 0. The smallest absolute Gasteiger partial charge is 0.231 e. The Bertz CT molecular complexity index is 691. The van der Waals surface area contributed by atoms with Gasteiger partial charge in [-0.1, -0.05) is 25.3 Å². The van der Waals surface area contributed by atoms with Gasteiger partial charge in [0.2, 0.25) is 18.6 Å². The van der Waals surface area contributed by atoms with Crippen LogP contribution >= 0.6 is 0 Å². The van der Waals surface area contributed by atoms with Crippen LogP contribution in [-0.4, -0.2) is 42.6 Å². The zero-order valence-corrected chi connectivity index (χ0v) is 15.7. The first-order valence-corrected chi connectivity index (χ1v) is 10.2. The van der Waals surface area contributed by atoms with Gasteiger partial charge in [-0.2, -0.15) is 0 Å². The van der Waals surface area contributed by atoms with Crippen molar-refractivity contribution in [2.75, 3.05) is 19.9 Å². The summed E-state index contributed by atoms with van der Waals surface area (Å²) in [5, 5.41) is 3.22. The van der Waals surface area contributed by atoms with Crippen LogP contribution in [0.3, 0.4) is 0 Å². The molecular weight excluding hydrogens is 344 g/mol. The highest BCUT2D eigenvalue weighted by atomic mass is 16.7. The number of amides is 2. The first kappa shape index (κ1) is 18.1. The molecule has 0 spiro atoms. The fraction of sp³-hybridized carbons (Fsp3) is 0.619. The molecule has 6 nitrogen and oxygen atoms in total. The summed E-state index contributed by atoms with van der Waals surface area (Å²) in [4.78, 5) is 26.9. The Labute approximate surface area is 160 Å². The van der Waals surface area contributed by atoms with Crippen molar-refractivity contribution in [1.29, 1.82) is 0 Å². The molecule has 0 atom stereocenters. The maximum absolute atomic E-state index is 12.6. The van der Waals surface area contributed by atoms with Crippen molar-refractivity contribution in [2.45, 2.75) is 57.4 Å². The van der Waals surface area contributed by atoms with Gasteiger partial charge >= 0.3 is 0 Å². The SMILES string of the molecule is O=C(NC1CCN(C(=O)Cc2ccc3c(c2)OCO3)CC1)C1CCCCC1. The van der Waals surface area contributed by atoms with Gasteiger partial charge in [0.25, 0.3) is 0 Å². The highest BCUT2D eigenvalue weighted by Crippen LogP contribution is 2.32. The summed E-state index contributed by atoms with van der Waals surface area (Å²) in [6.45, 7) is 1.66. The van der Waals surface area contributed by atoms with E-state index in [0.717, 1.165) is 37.0 Å². The number of likely N-dealkylation sites (tertiary alicyclic amines) is 1. The number of nitrogens with one attached hydrogen (secondary N) is 1. The van der Waals surface area contributed by atoms with Crippen LogP contribution in [0.5, 0.6) is 11.5 Å². The quantitative estimate of drug-likeness (QED) is 0.882. The van der Waals surface area contributed by atoms with Gasteiger partial charge in [0.15, 0.2) is 11.5 Å². The third kappa shape index (κ3) is 4.37. The van der Waals surface area contributed by atoms with E-state index < -0.39 is 0 Å². The number of hydrogen-bond donors (Lipinski definition) is 1. The highest BCUT2D eigenvalue weighted by Gasteiger charge is 2.27. The van der Waals surface area contributed by atoms with Crippen molar-refractivity contribution < 1.29 is 19.1 Å².